The van der Waals surface area contributed by atoms with Crippen molar-refractivity contribution < 1.29 is 85.6 Å². The van der Waals surface area contributed by atoms with Gasteiger partial charge in [-0.15, -0.1) is 5.06 Å². The Kier molecular flexibility index (Phi) is 35.7. The van der Waals surface area contributed by atoms with Crippen molar-refractivity contribution in [2.45, 2.75) is 57.5 Å². The molecule has 20 heteroatoms. The van der Waals surface area contributed by atoms with E-state index in [4.69, 9.17) is 66.4 Å². The smallest absolute Gasteiger partial charge is 0.407 e. The monoisotopic (exact) mass is 866 g/mol. The summed E-state index contributed by atoms with van der Waals surface area (Å²) in [4.78, 5) is 51.2. The largest absolute Gasteiger partial charge is 0.446 e. The van der Waals surface area contributed by atoms with Gasteiger partial charge in [0.25, 0.3) is 11.8 Å². The molecule has 0 aromatic rings. The zero-order valence-corrected chi connectivity index (χ0v) is 35.4. The molecular weight excluding hydrogens is 796 g/mol. The zero-order chi connectivity index (χ0) is 42.8. The molecule has 1 fully saturated rings. The van der Waals surface area contributed by atoms with E-state index in [1.165, 1.54) is 0 Å². The number of rotatable bonds is 41. The van der Waals surface area contributed by atoms with Crippen LogP contribution in [0.15, 0.2) is 12.2 Å². The number of ether oxygens (including phenoxy) is 13. The molecule has 1 aliphatic heterocycles. The first-order chi connectivity index (χ1) is 29.6. The average Bonchev–Trinajstić information content (AvgIpc) is 3.54. The van der Waals surface area contributed by atoms with Gasteiger partial charge in [-0.2, -0.15) is 0 Å². The Bertz CT molecular complexity index is 1090. The maximum Gasteiger partial charge on any atom is 0.407 e. The van der Waals surface area contributed by atoms with Gasteiger partial charge in [0.05, 0.1) is 165 Å². The van der Waals surface area contributed by atoms with Crippen molar-refractivity contribution in [2.75, 3.05) is 165 Å². The summed E-state index contributed by atoms with van der Waals surface area (Å²) in [7, 11) is 0. The fourth-order valence-corrected chi connectivity index (χ4v) is 5.14. The minimum absolute atomic E-state index is 0.0171. The van der Waals surface area contributed by atoms with Gasteiger partial charge in [-0.1, -0.05) is 12.2 Å². The van der Waals surface area contributed by atoms with E-state index in [9.17, 15) is 19.2 Å². The molecule has 1 aliphatic carbocycles. The highest BCUT2D eigenvalue weighted by molar-refractivity contribution is 6.01. The minimum atomic E-state index is -0.703. The number of nitrogens with zero attached hydrogens (tertiary/aromatic N) is 1. The van der Waals surface area contributed by atoms with Gasteiger partial charge in [0.1, 0.15) is 6.10 Å². The molecule has 1 heterocycles. The molecule has 60 heavy (non-hydrogen) atoms. The zero-order valence-electron chi connectivity index (χ0n) is 35.4. The summed E-state index contributed by atoms with van der Waals surface area (Å²) in [5, 5.41) is 3.25. The summed E-state index contributed by atoms with van der Waals surface area (Å²) in [5.74, 6) is -1.73. The third-order valence-corrected chi connectivity index (χ3v) is 8.25. The molecule has 20 nitrogen and oxygen atoms in total. The van der Waals surface area contributed by atoms with E-state index in [1.54, 1.807) is 0 Å². The lowest BCUT2D eigenvalue weighted by molar-refractivity contribution is -0.198. The molecule has 0 bridgehead atoms. The Balaban J connectivity index is 1.14. The Morgan fingerprint density at radius 1 is 0.483 bits per heavy atom. The summed E-state index contributed by atoms with van der Waals surface area (Å²) < 4.78 is 70.9. The molecular formula is C40H70N2O18. The summed E-state index contributed by atoms with van der Waals surface area (Å²) in [6.07, 6.45) is 8.77. The molecule has 0 spiro atoms. The van der Waals surface area contributed by atoms with Crippen LogP contribution >= 0.6 is 0 Å². The first kappa shape index (κ1) is 53.3. The highest BCUT2D eigenvalue weighted by Crippen LogP contribution is 2.15. The van der Waals surface area contributed by atoms with Crippen molar-refractivity contribution in [3.63, 3.8) is 0 Å². The number of hydrogen-bond donors (Lipinski definition) is 1. The normalized spacial score (nSPS) is 15.7. The number of imide groups is 1. The Morgan fingerprint density at radius 3 is 1.23 bits per heavy atom. The van der Waals surface area contributed by atoms with Crippen LogP contribution in [0.4, 0.5) is 4.79 Å². The average molecular weight is 867 g/mol. The standard InChI is InChI=1S/C40H70N2O18/c43-37-8-9-38(44)42(37)60-39(45)10-12-47-14-16-49-18-20-51-22-24-53-26-28-55-30-32-57-34-35-58-33-31-56-29-27-54-25-23-52-21-19-50-17-15-48-13-11-41-40(46)59-36-6-4-2-1-3-5-7-36/h1-2,36H,3-35H2,(H,41,46). The minimum Gasteiger partial charge on any atom is -0.446 e. The van der Waals surface area contributed by atoms with E-state index in [2.05, 4.69) is 17.5 Å². The van der Waals surface area contributed by atoms with Gasteiger partial charge in [-0.3, -0.25) is 9.59 Å². The van der Waals surface area contributed by atoms with E-state index < -0.39 is 17.8 Å². The lowest BCUT2D eigenvalue weighted by Gasteiger charge is -2.18. The van der Waals surface area contributed by atoms with Gasteiger partial charge in [-0.25, -0.2) is 9.59 Å². The van der Waals surface area contributed by atoms with Crippen LogP contribution in [0.1, 0.15) is 51.4 Å². The molecule has 1 saturated heterocycles. The van der Waals surface area contributed by atoms with E-state index >= 15 is 0 Å². The first-order valence-corrected chi connectivity index (χ1v) is 21.1. The van der Waals surface area contributed by atoms with Gasteiger partial charge in [-0.05, 0) is 32.1 Å². The van der Waals surface area contributed by atoms with Crippen LogP contribution < -0.4 is 5.32 Å². The fraction of sp³-hybridized carbons (Fsp3) is 0.850. The predicted molar refractivity (Wildman–Crippen MR) is 212 cm³/mol. The maximum atomic E-state index is 11.9. The summed E-state index contributed by atoms with van der Waals surface area (Å²) >= 11 is 0. The molecule has 0 radical (unpaired) electrons. The van der Waals surface area contributed by atoms with Crippen molar-refractivity contribution in [1.29, 1.82) is 0 Å². The SMILES string of the molecule is O=C(CCOCCOCCOCCOCCOCCOCCOCCOCCOCCOCCOCCOCCNC(=O)OC1CCC=CCCC1)ON1C(=O)CCC1=O. The number of amides is 3. The van der Waals surface area contributed by atoms with Crippen LogP contribution in [0.25, 0.3) is 0 Å². The van der Waals surface area contributed by atoms with E-state index in [0.29, 0.717) is 157 Å². The number of allylic oxidation sites excluding steroid dienone is 2. The number of carbonyl (C=O) groups is 4. The maximum absolute atomic E-state index is 11.9. The van der Waals surface area contributed by atoms with Gasteiger partial charge in [0.2, 0.25) is 0 Å². The lowest BCUT2D eigenvalue weighted by Crippen LogP contribution is -2.32. The van der Waals surface area contributed by atoms with Crippen molar-refractivity contribution in [1.82, 2.24) is 10.4 Å². The van der Waals surface area contributed by atoms with E-state index in [0.717, 1.165) is 32.1 Å². The molecule has 348 valence electrons. The summed E-state index contributed by atoms with van der Waals surface area (Å²) in [6, 6.07) is 0. The topological polar surface area (TPSA) is 213 Å². The number of hydrogen-bond acceptors (Lipinski definition) is 18. The van der Waals surface area contributed by atoms with Crippen LogP contribution in [0.3, 0.4) is 0 Å². The summed E-state index contributed by atoms with van der Waals surface area (Å²) in [6.45, 7) is 10.6. The second kappa shape index (κ2) is 40.2. The lowest BCUT2D eigenvalue weighted by atomic mass is 10.0. The predicted octanol–water partition coefficient (Wildman–Crippen LogP) is 1.80. The Labute approximate surface area is 354 Å². The number of hydroxylamine groups is 2. The van der Waals surface area contributed by atoms with Crippen molar-refractivity contribution in [2.24, 2.45) is 0 Å². The van der Waals surface area contributed by atoms with Crippen LogP contribution in [-0.4, -0.2) is 200 Å². The van der Waals surface area contributed by atoms with Gasteiger partial charge in [0, 0.05) is 19.4 Å². The quantitative estimate of drug-likeness (QED) is 0.0527. The van der Waals surface area contributed by atoms with Crippen molar-refractivity contribution >= 4 is 23.9 Å². The molecule has 0 aromatic heterocycles. The Morgan fingerprint density at radius 2 is 0.833 bits per heavy atom. The van der Waals surface area contributed by atoms with E-state index in [1.807, 2.05) is 0 Å². The van der Waals surface area contributed by atoms with Crippen LogP contribution in [0.5, 0.6) is 0 Å². The highest BCUT2D eigenvalue weighted by atomic mass is 16.7. The Hall–Kier alpha value is -2.86. The van der Waals surface area contributed by atoms with Crippen LogP contribution in [-0.2, 0) is 80.8 Å². The molecule has 3 amide bonds. The van der Waals surface area contributed by atoms with Gasteiger partial charge in [0.15, 0.2) is 0 Å². The van der Waals surface area contributed by atoms with Crippen molar-refractivity contribution in [3.8, 4) is 0 Å². The number of alkyl carbamates (subject to hydrolysis) is 1. The fourth-order valence-electron chi connectivity index (χ4n) is 5.14. The molecule has 1 N–H and O–H groups in total. The van der Waals surface area contributed by atoms with Crippen LogP contribution in [0, 0.1) is 0 Å². The molecule has 1 unspecified atom stereocenters. The van der Waals surface area contributed by atoms with Crippen molar-refractivity contribution in [3.05, 3.63) is 12.2 Å². The van der Waals surface area contributed by atoms with Crippen LogP contribution in [0.2, 0.25) is 0 Å². The first-order valence-electron chi connectivity index (χ1n) is 21.1. The molecule has 0 saturated carbocycles. The second-order valence-corrected chi connectivity index (χ2v) is 13.1. The third kappa shape index (κ3) is 32.9. The van der Waals surface area contributed by atoms with E-state index in [-0.39, 0.29) is 44.7 Å². The third-order valence-electron chi connectivity index (χ3n) is 8.25. The molecule has 0 aromatic carbocycles. The van der Waals surface area contributed by atoms with Gasteiger partial charge >= 0.3 is 12.1 Å². The summed E-state index contributed by atoms with van der Waals surface area (Å²) in [5.41, 5.74) is 0. The molecule has 1 atom stereocenters. The molecule has 2 aliphatic rings. The number of carbonyl (C=O) groups excluding carboxylic acids is 4. The second-order valence-electron chi connectivity index (χ2n) is 13.1. The number of nitrogens with one attached hydrogen (secondary N) is 1. The highest BCUT2D eigenvalue weighted by Gasteiger charge is 2.32. The van der Waals surface area contributed by atoms with Gasteiger partial charge < -0.3 is 71.7 Å². The molecule has 2 rings (SSSR count).